The second-order valence-corrected chi connectivity index (χ2v) is 6.33. The summed E-state index contributed by atoms with van der Waals surface area (Å²) in [6, 6.07) is 5.80. The Balaban J connectivity index is 2.43. The molecule has 0 radical (unpaired) electrons. The third-order valence-corrected chi connectivity index (χ3v) is 4.16. The SMILES string of the molecule is CC(C)C(CC(=O)O)c1ccc2c(c1)C(C)(C)C(=O)N2. The molecule has 1 atom stereocenters. The minimum absolute atomic E-state index is 0.0102. The van der Waals surface area contributed by atoms with Gasteiger partial charge in [-0.05, 0) is 42.9 Å². The van der Waals surface area contributed by atoms with Crippen LogP contribution >= 0.6 is 0 Å². The first-order valence-electron chi connectivity index (χ1n) is 6.91. The van der Waals surface area contributed by atoms with Gasteiger partial charge in [-0.2, -0.15) is 0 Å². The van der Waals surface area contributed by atoms with E-state index in [2.05, 4.69) is 5.32 Å². The molecule has 0 aliphatic carbocycles. The van der Waals surface area contributed by atoms with Gasteiger partial charge in [-0.3, -0.25) is 9.59 Å². The van der Waals surface area contributed by atoms with Crippen LogP contribution in [0.3, 0.4) is 0 Å². The Kier molecular flexibility index (Phi) is 3.59. The zero-order valence-corrected chi connectivity index (χ0v) is 12.4. The first kappa shape index (κ1) is 14.6. The van der Waals surface area contributed by atoms with Gasteiger partial charge in [0.1, 0.15) is 0 Å². The van der Waals surface area contributed by atoms with Crippen molar-refractivity contribution in [2.45, 2.75) is 45.4 Å². The average Bonchev–Trinajstić information content (AvgIpc) is 2.57. The van der Waals surface area contributed by atoms with Crippen molar-refractivity contribution >= 4 is 17.6 Å². The molecule has 0 fully saturated rings. The summed E-state index contributed by atoms with van der Waals surface area (Å²) in [4.78, 5) is 23.0. The van der Waals surface area contributed by atoms with Gasteiger partial charge in [-0.1, -0.05) is 26.0 Å². The van der Waals surface area contributed by atoms with E-state index in [4.69, 9.17) is 5.11 Å². The van der Waals surface area contributed by atoms with Gasteiger partial charge in [0.15, 0.2) is 0 Å². The minimum atomic E-state index is -0.794. The molecular weight excluding hydrogens is 254 g/mol. The fourth-order valence-corrected chi connectivity index (χ4v) is 2.75. The van der Waals surface area contributed by atoms with Crippen molar-refractivity contribution in [3.8, 4) is 0 Å². The number of hydrogen-bond acceptors (Lipinski definition) is 2. The van der Waals surface area contributed by atoms with Crippen molar-refractivity contribution in [3.63, 3.8) is 0 Å². The van der Waals surface area contributed by atoms with E-state index in [-0.39, 0.29) is 24.2 Å². The number of aliphatic carboxylic acids is 1. The van der Waals surface area contributed by atoms with Crippen LogP contribution < -0.4 is 5.32 Å². The molecule has 1 unspecified atom stereocenters. The fraction of sp³-hybridized carbons (Fsp3) is 0.500. The van der Waals surface area contributed by atoms with Crippen LogP contribution in [0, 0.1) is 5.92 Å². The van der Waals surface area contributed by atoms with Crippen LogP contribution in [0.15, 0.2) is 18.2 Å². The maximum atomic E-state index is 11.9. The van der Waals surface area contributed by atoms with Crippen LogP contribution in [0.1, 0.15) is 51.2 Å². The number of nitrogens with one attached hydrogen (secondary N) is 1. The van der Waals surface area contributed by atoms with E-state index in [9.17, 15) is 9.59 Å². The predicted octanol–water partition coefficient (Wildman–Crippen LogP) is 3.13. The quantitative estimate of drug-likeness (QED) is 0.887. The monoisotopic (exact) mass is 275 g/mol. The molecule has 1 aliphatic heterocycles. The van der Waals surface area contributed by atoms with E-state index in [0.29, 0.717) is 0 Å². The summed E-state index contributed by atoms with van der Waals surface area (Å²) in [7, 11) is 0. The van der Waals surface area contributed by atoms with Gasteiger partial charge in [-0.25, -0.2) is 0 Å². The van der Waals surface area contributed by atoms with E-state index < -0.39 is 11.4 Å². The molecule has 0 aromatic heterocycles. The van der Waals surface area contributed by atoms with E-state index in [1.165, 1.54) is 0 Å². The van der Waals surface area contributed by atoms with E-state index in [0.717, 1.165) is 16.8 Å². The molecule has 1 amide bonds. The van der Waals surface area contributed by atoms with Crippen LogP contribution in [0.5, 0.6) is 0 Å². The zero-order valence-electron chi connectivity index (χ0n) is 12.4. The molecule has 0 saturated heterocycles. The molecule has 1 aliphatic rings. The molecule has 2 N–H and O–H groups in total. The lowest BCUT2D eigenvalue weighted by Crippen LogP contribution is -2.27. The molecule has 1 aromatic carbocycles. The molecule has 2 rings (SSSR count). The average molecular weight is 275 g/mol. The van der Waals surface area contributed by atoms with Crippen LogP contribution in [-0.4, -0.2) is 17.0 Å². The maximum absolute atomic E-state index is 11.9. The fourth-order valence-electron chi connectivity index (χ4n) is 2.75. The van der Waals surface area contributed by atoms with E-state index in [1.54, 1.807) is 0 Å². The molecule has 20 heavy (non-hydrogen) atoms. The largest absolute Gasteiger partial charge is 0.481 e. The number of fused-ring (bicyclic) bond motifs is 1. The van der Waals surface area contributed by atoms with E-state index in [1.807, 2.05) is 45.9 Å². The highest BCUT2D eigenvalue weighted by molar-refractivity contribution is 6.05. The Hall–Kier alpha value is -1.84. The van der Waals surface area contributed by atoms with Gasteiger partial charge in [0, 0.05) is 5.69 Å². The maximum Gasteiger partial charge on any atom is 0.303 e. The van der Waals surface area contributed by atoms with Gasteiger partial charge in [0.2, 0.25) is 5.91 Å². The molecule has 0 saturated carbocycles. The Labute approximate surface area is 119 Å². The van der Waals surface area contributed by atoms with Crippen molar-refractivity contribution in [2.24, 2.45) is 5.92 Å². The Morgan fingerprint density at radius 1 is 1.35 bits per heavy atom. The number of rotatable bonds is 4. The number of carbonyl (C=O) groups is 2. The normalized spacial score (nSPS) is 17.8. The standard InChI is InChI=1S/C16H21NO3/c1-9(2)11(8-14(18)19)10-5-6-13-12(7-10)16(3,4)15(20)17-13/h5-7,9,11H,8H2,1-4H3,(H,17,20)(H,18,19). The highest BCUT2D eigenvalue weighted by atomic mass is 16.4. The van der Waals surface area contributed by atoms with Gasteiger partial charge in [0.05, 0.1) is 11.8 Å². The third-order valence-electron chi connectivity index (χ3n) is 4.16. The Morgan fingerprint density at radius 2 is 2.00 bits per heavy atom. The summed E-state index contributed by atoms with van der Waals surface area (Å²) < 4.78 is 0. The number of amides is 1. The van der Waals surface area contributed by atoms with Crippen LogP contribution in [0.4, 0.5) is 5.69 Å². The lowest BCUT2D eigenvalue weighted by Gasteiger charge is -2.22. The summed E-state index contributed by atoms with van der Waals surface area (Å²) in [5.74, 6) is -0.608. The molecule has 4 nitrogen and oxygen atoms in total. The van der Waals surface area contributed by atoms with Gasteiger partial charge >= 0.3 is 5.97 Å². The number of anilines is 1. The summed E-state index contributed by atoms with van der Waals surface area (Å²) in [5.41, 5.74) is 2.22. The zero-order chi connectivity index (χ0) is 15.1. The molecule has 1 heterocycles. The van der Waals surface area contributed by atoms with Gasteiger partial charge < -0.3 is 10.4 Å². The molecule has 108 valence electrons. The molecular formula is C16H21NO3. The topological polar surface area (TPSA) is 66.4 Å². The number of benzene rings is 1. The highest BCUT2D eigenvalue weighted by Crippen LogP contribution is 2.40. The first-order chi connectivity index (χ1) is 9.23. The molecule has 0 bridgehead atoms. The predicted molar refractivity (Wildman–Crippen MR) is 77.9 cm³/mol. The smallest absolute Gasteiger partial charge is 0.303 e. The lowest BCUT2D eigenvalue weighted by molar-refractivity contribution is -0.137. The number of hydrogen-bond donors (Lipinski definition) is 2. The van der Waals surface area contributed by atoms with Gasteiger partial charge in [0.25, 0.3) is 0 Å². The number of carboxylic acid groups (broad SMARTS) is 1. The van der Waals surface area contributed by atoms with Crippen LogP contribution in [-0.2, 0) is 15.0 Å². The van der Waals surface area contributed by atoms with Crippen LogP contribution in [0.25, 0.3) is 0 Å². The van der Waals surface area contributed by atoms with Gasteiger partial charge in [-0.15, -0.1) is 0 Å². The second kappa shape index (κ2) is 4.93. The number of carboxylic acids is 1. The van der Waals surface area contributed by atoms with Crippen molar-refractivity contribution in [1.82, 2.24) is 0 Å². The molecule has 4 heteroatoms. The van der Waals surface area contributed by atoms with Crippen molar-refractivity contribution in [2.75, 3.05) is 5.32 Å². The number of carbonyl (C=O) groups excluding carboxylic acids is 1. The minimum Gasteiger partial charge on any atom is -0.481 e. The highest BCUT2D eigenvalue weighted by Gasteiger charge is 2.38. The van der Waals surface area contributed by atoms with Crippen molar-refractivity contribution < 1.29 is 14.7 Å². The first-order valence-corrected chi connectivity index (χ1v) is 6.91. The Bertz CT molecular complexity index is 561. The Morgan fingerprint density at radius 3 is 2.55 bits per heavy atom. The van der Waals surface area contributed by atoms with Crippen molar-refractivity contribution in [1.29, 1.82) is 0 Å². The second-order valence-electron chi connectivity index (χ2n) is 6.33. The van der Waals surface area contributed by atoms with Crippen molar-refractivity contribution in [3.05, 3.63) is 29.3 Å². The third kappa shape index (κ3) is 2.42. The summed E-state index contributed by atoms with van der Waals surface area (Å²) in [6.45, 7) is 7.82. The summed E-state index contributed by atoms with van der Waals surface area (Å²) in [5, 5.41) is 11.9. The van der Waals surface area contributed by atoms with Crippen LogP contribution in [0.2, 0.25) is 0 Å². The summed E-state index contributed by atoms with van der Waals surface area (Å²) >= 11 is 0. The molecule has 0 spiro atoms. The molecule has 1 aromatic rings. The lowest BCUT2D eigenvalue weighted by atomic mass is 9.80. The van der Waals surface area contributed by atoms with E-state index >= 15 is 0 Å². The summed E-state index contributed by atoms with van der Waals surface area (Å²) in [6.07, 6.45) is 0.109.